The van der Waals surface area contributed by atoms with Gasteiger partial charge in [-0.05, 0) is 41.7 Å². The second kappa shape index (κ2) is 8.47. The Bertz CT molecular complexity index is 755. The lowest BCUT2D eigenvalue weighted by Gasteiger charge is -2.31. The fraction of sp³-hybridized carbons (Fsp3) is 0.350. The number of aromatic nitrogens is 1. The molecule has 1 fully saturated rings. The SMILES string of the molecule is CC(=O)N1CCC(NC(=O)NCc2cccc(-c3cccnc3)c2)CC1. The Morgan fingerprint density at radius 1 is 1.15 bits per heavy atom. The Morgan fingerprint density at radius 3 is 2.62 bits per heavy atom. The van der Waals surface area contributed by atoms with Crippen LogP contribution in [0.15, 0.2) is 48.8 Å². The predicted molar refractivity (Wildman–Crippen MR) is 100 cm³/mol. The Kier molecular flexibility index (Phi) is 5.84. The number of rotatable bonds is 4. The highest BCUT2D eigenvalue weighted by Crippen LogP contribution is 2.19. The maximum absolute atomic E-state index is 12.1. The Morgan fingerprint density at radius 2 is 1.92 bits per heavy atom. The predicted octanol–water partition coefficient (Wildman–Crippen LogP) is 2.56. The molecule has 2 heterocycles. The van der Waals surface area contributed by atoms with Crippen LogP contribution >= 0.6 is 0 Å². The molecule has 1 aromatic heterocycles. The van der Waals surface area contributed by atoms with E-state index < -0.39 is 0 Å². The van der Waals surface area contributed by atoms with Gasteiger partial charge in [-0.3, -0.25) is 9.78 Å². The number of nitrogens with one attached hydrogen (secondary N) is 2. The average molecular weight is 352 g/mol. The largest absolute Gasteiger partial charge is 0.343 e. The summed E-state index contributed by atoms with van der Waals surface area (Å²) in [5.41, 5.74) is 3.17. The van der Waals surface area contributed by atoms with Gasteiger partial charge in [0.25, 0.3) is 0 Å². The third-order valence-electron chi connectivity index (χ3n) is 4.65. The molecular weight excluding hydrogens is 328 g/mol. The molecule has 1 aliphatic heterocycles. The van der Waals surface area contributed by atoms with E-state index in [-0.39, 0.29) is 18.0 Å². The molecule has 0 aliphatic carbocycles. The topological polar surface area (TPSA) is 74.3 Å². The van der Waals surface area contributed by atoms with Gasteiger partial charge in [-0.2, -0.15) is 0 Å². The van der Waals surface area contributed by atoms with Crippen molar-refractivity contribution in [1.29, 1.82) is 0 Å². The molecule has 2 aromatic rings. The first-order chi connectivity index (χ1) is 12.6. The van der Waals surface area contributed by atoms with Crippen LogP contribution in [-0.2, 0) is 11.3 Å². The van der Waals surface area contributed by atoms with Crippen LogP contribution in [0.4, 0.5) is 4.79 Å². The summed E-state index contributed by atoms with van der Waals surface area (Å²) < 4.78 is 0. The molecular formula is C20H24N4O2. The summed E-state index contributed by atoms with van der Waals surface area (Å²) in [5.74, 6) is 0.0985. The van der Waals surface area contributed by atoms with Crippen molar-refractivity contribution in [2.45, 2.75) is 32.4 Å². The number of nitrogens with zero attached hydrogens (tertiary/aromatic N) is 2. The zero-order valence-electron chi connectivity index (χ0n) is 14.9. The van der Waals surface area contributed by atoms with E-state index in [9.17, 15) is 9.59 Å². The van der Waals surface area contributed by atoms with Crippen molar-refractivity contribution < 1.29 is 9.59 Å². The second-order valence-corrected chi connectivity index (χ2v) is 6.55. The molecule has 26 heavy (non-hydrogen) atoms. The Hall–Kier alpha value is -2.89. The molecule has 0 unspecified atom stereocenters. The van der Waals surface area contributed by atoms with E-state index in [1.807, 2.05) is 41.4 Å². The van der Waals surface area contributed by atoms with Crippen molar-refractivity contribution in [2.24, 2.45) is 0 Å². The highest BCUT2D eigenvalue weighted by Gasteiger charge is 2.21. The Labute approximate surface area is 153 Å². The molecule has 3 rings (SSSR count). The van der Waals surface area contributed by atoms with Crippen LogP contribution in [-0.4, -0.2) is 41.0 Å². The Balaban J connectivity index is 1.49. The molecule has 0 atom stereocenters. The lowest BCUT2D eigenvalue weighted by Crippen LogP contribution is -2.48. The molecule has 0 radical (unpaired) electrons. The third kappa shape index (κ3) is 4.81. The van der Waals surface area contributed by atoms with E-state index in [1.54, 1.807) is 13.1 Å². The molecule has 0 saturated carbocycles. The average Bonchev–Trinajstić information content (AvgIpc) is 2.68. The maximum Gasteiger partial charge on any atom is 0.315 e. The van der Waals surface area contributed by atoms with Crippen molar-refractivity contribution in [3.05, 3.63) is 54.4 Å². The van der Waals surface area contributed by atoms with Gasteiger partial charge in [0.1, 0.15) is 0 Å². The monoisotopic (exact) mass is 352 g/mol. The summed E-state index contributed by atoms with van der Waals surface area (Å²) >= 11 is 0. The number of carbonyl (C=O) groups excluding carboxylic acids is 2. The van der Waals surface area contributed by atoms with Gasteiger partial charge in [0.2, 0.25) is 5.91 Å². The first-order valence-electron chi connectivity index (χ1n) is 8.91. The number of likely N-dealkylation sites (tertiary alicyclic amines) is 1. The van der Waals surface area contributed by atoms with Gasteiger partial charge < -0.3 is 15.5 Å². The van der Waals surface area contributed by atoms with Gasteiger partial charge in [-0.25, -0.2) is 4.79 Å². The lowest BCUT2D eigenvalue weighted by atomic mass is 10.0. The minimum absolute atomic E-state index is 0.0985. The molecule has 0 bridgehead atoms. The van der Waals surface area contributed by atoms with E-state index in [0.29, 0.717) is 19.6 Å². The highest BCUT2D eigenvalue weighted by molar-refractivity contribution is 5.75. The molecule has 6 heteroatoms. The molecule has 1 aromatic carbocycles. The van der Waals surface area contributed by atoms with Gasteiger partial charge in [-0.1, -0.05) is 24.3 Å². The van der Waals surface area contributed by atoms with Gasteiger partial charge in [0, 0.05) is 45.0 Å². The molecule has 3 amide bonds. The summed E-state index contributed by atoms with van der Waals surface area (Å²) in [6.07, 6.45) is 5.17. The number of amides is 3. The number of piperidine rings is 1. The molecule has 6 nitrogen and oxygen atoms in total. The summed E-state index contributed by atoms with van der Waals surface area (Å²) in [7, 11) is 0. The van der Waals surface area contributed by atoms with Gasteiger partial charge in [0.05, 0.1) is 0 Å². The molecule has 2 N–H and O–H groups in total. The van der Waals surface area contributed by atoms with Crippen LogP contribution in [0.5, 0.6) is 0 Å². The van der Waals surface area contributed by atoms with Crippen LogP contribution in [0.2, 0.25) is 0 Å². The van der Waals surface area contributed by atoms with Crippen LogP contribution in [0.1, 0.15) is 25.3 Å². The van der Waals surface area contributed by atoms with Crippen molar-refractivity contribution in [3.63, 3.8) is 0 Å². The molecule has 1 saturated heterocycles. The lowest BCUT2D eigenvalue weighted by molar-refractivity contribution is -0.129. The van der Waals surface area contributed by atoms with Crippen molar-refractivity contribution in [3.8, 4) is 11.1 Å². The number of carbonyl (C=O) groups is 2. The zero-order valence-corrected chi connectivity index (χ0v) is 14.9. The number of benzene rings is 1. The van der Waals surface area contributed by atoms with E-state index in [1.165, 1.54) is 0 Å². The van der Waals surface area contributed by atoms with Gasteiger partial charge in [0.15, 0.2) is 0 Å². The van der Waals surface area contributed by atoms with E-state index in [4.69, 9.17) is 0 Å². The normalized spacial score (nSPS) is 14.7. The first kappa shape index (κ1) is 17.9. The maximum atomic E-state index is 12.1. The summed E-state index contributed by atoms with van der Waals surface area (Å²) in [6, 6.07) is 11.9. The first-order valence-corrected chi connectivity index (χ1v) is 8.91. The number of hydrogen-bond acceptors (Lipinski definition) is 3. The quantitative estimate of drug-likeness (QED) is 0.888. The van der Waals surface area contributed by atoms with E-state index >= 15 is 0 Å². The standard InChI is InChI=1S/C20H24N4O2/c1-15(25)24-10-7-19(8-11-24)23-20(26)22-13-16-4-2-5-17(12-16)18-6-3-9-21-14-18/h2-6,9,12,14,19H,7-8,10-11,13H2,1H3,(H2,22,23,26). The van der Waals surface area contributed by atoms with Crippen molar-refractivity contribution >= 4 is 11.9 Å². The molecule has 0 spiro atoms. The van der Waals surface area contributed by atoms with Crippen LogP contribution < -0.4 is 10.6 Å². The van der Waals surface area contributed by atoms with E-state index in [2.05, 4.69) is 21.7 Å². The summed E-state index contributed by atoms with van der Waals surface area (Å²) in [4.78, 5) is 29.4. The van der Waals surface area contributed by atoms with Crippen LogP contribution in [0, 0.1) is 0 Å². The van der Waals surface area contributed by atoms with Crippen molar-refractivity contribution in [1.82, 2.24) is 20.5 Å². The van der Waals surface area contributed by atoms with Crippen molar-refractivity contribution in [2.75, 3.05) is 13.1 Å². The molecule has 1 aliphatic rings. The highest BCUT2D eigenvalue weighted by atomic mass is 16.2. The smallest absolute Gasteiger partial charge is 0.315 e. The minimum atomic E-state index is -0.168. The number of pyridine rings is 1. The van der Waals surface area contributed by atoms with Gasteiger partial charge >= 0.3 is 6.03 Å². The fourth-order valence-corrected chi connectivity index (χ4v) is 3.15. The minimum Gasteiger partial charge on any atom is -0.343 e. The summed E-state index contributed by atoms with van der Waals surface area (Å²) in [6.45, 7) is 3.45. The van der Waals surface area contributed by atoms with Crippen LogP contribution in [0.3, 0.4) is 0 Å². The molecule has 136 valence electrons. The third-order valence-corrected chi connectivity index (χ3v) is 4.65. The van der Waals surface area contributed by atoms with Gasteiger partial charge in [-0.15, -0.1) is 0 Å². The summed E-state index contributed by atoms with van der Waals surface area (Å²) in [5, 5.41) is 5.91. The number of urea groups is 1. The number of hydrogen-bond donors (Lipinski definition) is 2. The fourth-order valence-electron chi connectivity index (χ4n) is 3.15. The van der Waals surface area contributed by atoms with Crippen LogP contribution in [0.25, 0.3) is 11.1 Å². The zero-order chi connectivity index (χ0) is 18.4. The second-order valence-electron chi connectivity index (χ2n) is 6.55. The van der Waals surface area contributed by atoms with E-state index in [0.717, 1.165) is 29.5 Å².